The lowest BCUT2D eigenvalue weighted by molar-refractivity contribution is 0.380. The minimum Gasteiger partial charge on any atom is -0.370 e. The fourth-order valence-corrected chi connectivity index (χ4v) is 1.73. The largest absolute Gasteiger partial charge is 0.370 e. The summed E-state index contributed by atoms with van der Waals surface area (Å²) in [5.74, 6) is 1.41. The maximum atomic E-state index is 5.80. The fraction of sp³-hybridized carbons (Fsp3) is 0.692. The molecule has 0 bridgehead atoms. The van der Waals surface area contributed by atoms with Crippen LogP contribution < -0.4 is 11.1 Å². The van der Waals surface area contributed by atoms with Gasteiger partial charge in [-0.15, -0.1) is 24.0 Å². The number of aryl methyl sites for hydroxylation is 2. The first-order chi connectivity index (χ1) is 8.72. The van der Waals surface area contributed by atoms with Crippen LogP contribution in [0.25, 0.3) is 0 Å². The number of nitrogens with zero attached hydrogens (tertiary/aromatic N) is 2. The SMILES string of the molecule is CCCCNC(N)=NCc1c(CC)noc1CC.I. The third-order valence-electron chi connectivity index (χ3n) is 2.85. The summed E-state index contributed by atoms with van der Waals surface area (Å²) < 4.78 is 5.29. The van der Waals surface area contributed by atoms with E-state index in [4.69, 9.17) is 10.3 Å². The van der Waals surface area contributed by atoms with Gasteiger partial charge in [0.05, 0.1) is 12.2 Å². The quantitative estimate of drug-likeness (QED) is 0.330. The molecule has 0 aliphatic heterocycles. The van der Waals surface area contributed by atoms with Gasteiger partial charge < -0.3 is 15.6 Å². The number of hydrogen-bond acceptors (Lipinski definition) is 3. The number of nitrogens with two attached hydrogens (primary N) is 1. The third kappa shape index (κ3) is 5.80. The zero-order valence-electron chi connectivity index (χ0n) is 12.0. The fourth-order valence-electron chi connectivity index (χ4n) is 1.73. The van der Waals surface area contributed by atoms with Gasteiger partial charge in [-0.2, -0.15) is 0 Å². The third-order valence-corrected chi connectivity index (χ3v) is 2.85. The average Bonchev–Trinajstić information content (AvgIpc) is 2.78. The monoisotopic (exact) mass is 380 g/mol. The first-order valence-corrected chi connectivity index (χ1v) is 6.72. The first-order valence-electron chi connectivity index (χ1n) is 6.72. The molecule has 110 valence electrons. The highest BCUT2D eigenvalue weighted by Gasteiger charge is 2.12. The van der Waals surface area contributed by atoms with Crippen LogP contribution in [0.1, 0.15) is 50.6 Å². The number of aliphatic imine (C=N–C) groups is 1. The molecule has 0 aromatic carbocycles. The maximum absolute atomic E-state index is 5.80. The highest BCUT2D eigenvalue weighted by atomic mass is 127. The smallest absolute Gasteiger partial charge is 0.188 e. The molecule has 0 saturated heterocycles. The van der Waals surface area contributed by atoms with Crippen LogP contribution in [0.2, 0.25) is 0 Å². The van der Waals surface area contributed by atoms with E-state index in [0.29, 0.717) is 12.5 Å². The molecular formula is C13H25IN4O. The van der Waals surface area contributed by atoms with Crippen LogP contribution in [0.3, 0.4) is 0 Å². The van der Waals surface area contributed by atoms with Crippen LogP contribution in [0.4, 0.5) is 0 Å². The van der Waals surface area contributed by atoms with Crippen molar-refractivity contribution in [1.29, 1.82) is 0 Å². The summed E-state index contributed by atoms with van der Waals surface area (Å²) in [4.78, 5) is 4.34. The van der Waals surface area contributed by atoms with Gasteiger partial charge in [0.1, 0.15) is 5.76 Å². The molecular weight excluding hydrogens is 355 g/mol. The molecule has 3 N–H and O–H groups in total. The van der Waals surface area contributed by atoms with E-state index in [9.17, 15) is 0 Å². The molecule has 0 unspecified atom stereocenters. The van der Waals surface area contributed by atoms with Crippen molar-refractivity contribution >= 4 is 29.9 Å². The first kappa shape index (κ1) is 18.2. The van der Waals surface area contributed by atoms with Crippen LogP contribution >= 0.6 is 24.0 Å². The second-order valence-corrected chi connectivity index (χ2v) is 4.22. The van der Waals surface area contributed by atoms with Crippen molar-refractivity contribution in [3.63, 3.8) is 0 Å². The summed E-state index contributed by atoms with van der Waals surface area (Å²) >= 11 is 0. The van der Waals surface area contributed by atoms with E-state index in [0.717, 1.165) is 49.2 Å². The maximum Gasteiger partial charge on any atom is 0.188 e. The van der Waals surface area contributed by atoms with Gasteiger partial charge in [0, 0.05) is 18.5 Å². The molecule has 6 heteroatoms. The minimum atomic E-state index is 0. The zero-order chi connectivity index (χ0) is 13.4. The molecule has 0 radical (unpaired) electrons. The Kier molecular flexibility index (Phi) is 9.63. The van der Waals surface area contributed by atoms with Gasteiger partial charge in [-0.25, -0.2) is 4.99 Å². The Morgan fingerprint density at radius 2 is 2.05 bits per heavy atom. The Bertz CT molecular complexity index is 368. The molecule has 0 spiro atoms. The number of guanidine groups is 1. The Hall–Kier alpha value is -0.790. The van der Waals surface area contributed by atoms with Gasteiger partial charge in [0.2, 0.25) is 0 Å². The molecule has 0 saturated carbocycles. The highest BCUT2D eigenvalue weighted by Crippen LogP contribution is 2.16. The average molecular weight is 380 g/mol. The summed E-state index contributed by atoms with van der Waals surface area (Å²) in [7, 11) is 0. The lowest BCUT2D eigenvalue weighted by Crippen LogP contribution is -2.32. The minimum absolute atomic E-state index is 0. The van der Waals surface area contributed by atoms with Crippen molar-refractivity contribution < 1.29 is 4.52 Å². The van der Waals surface area contributed by atoms with Crippen LogP contribution in [0.15, 0.2) is 9.52 Å². The van der Waals surface area contributed by atoms with Crippen LogP contribution in [0, 0.1) is 0 Å². The second-order valence-electron chi connectivity index (χ2n) is 4.22. The van der Waals surface area contributed by atoms with Crippen molar-refractivity contribution in [1.82, 2.24) is 10.5 Å². The molecule has 0 aliphatic rings. The number of nitrogens with one attached hydrogen (secondary N) is 1. The lowest BCUT2D eigenvalue weighted by Gasteiger charge is -2.04. The van der Waals surface area contributed by atoms with E-state index in [1.807, 2.05) is 0 Å². The van der Waals surface area contributed by atoms with Gasteiger partial charge in [0.25, 0.3) is 0 Å². The van der Waals surface area contributed by atoms with Crippen molar-refractivity contribution in [2.45, 2.75) is 53.0 Å². The topological polar surface area (TPSA) is 76.4 Å². The number of rotatable bonds is 7. The Balaban J connectivity index is 0.00000324. The molecule has 1 aromatic rings. The van der Waals surface area contributed by atoms with Gasteiger partial charge in [0.15, 0.2) is 5.96 Å². The van der Waals surface area contributed by atoms with E-state index in [1.165, 1.54) is 0 Å². The van der Waals surface area contributed by atoms with E-state index < -0.39 is 0 Å². The van der Waals surface area contributed by atoms with E-state index in [-0.39, 0.29) is 24.0 Å². The number of hydrogen-bond donors (Lipinski definition) is 2. The Morgan fingerprint density at radius 3 is 2.63 bits per heavy atom. The zero-order valence-corrected chi connectivity index (χ0v) is 14.4. The molecule has 0 aliphatic carbocycles. The standard InChI is InChI=1S/C13H24N4O.HI/c1-4-7-8-15-13(14)16-9-10-11(5-2)17-18-12(10)6-3;/h4-9H2,1-3H3,(H3,14,15,16);1H. The van der Waals surface area contributed by atoms with Crippen molar-refractivity contribution in [2.75, 3.05) is 6.54 Å². The number of halogens is 1. The molecule has 19 heavy (non-hydrogen) atoms. The molecule has 1 aromatic heterocycles. The summed E-state index contributed by atoms with van der Waals surface area (Å²) in [5.41, 5.74) is 7.87. The molecule has 0 fully saturated rings. The summed E-state index contributed by atoms with van der Waals surface area (Å²) in [6, 6.07) is 0. The normalized spacial score (nSPS) is 11.2. The van der Waals surface area contributed by atoms with Crippen molar-refractivity contribution in [3.8, 4) is 0 Å². The lowest BCUT2D eigenvalue weighted by atomic mass is 10.1. The predicted molar refractivity (Wildman–Crippen MR) is 88.9 cm³/mol. The van der Waals surface area contributed by atoms with E-state index >= 15 is 0 Å². The van der Waals surface area contributed by atoms with E-state index in [2.05, 4.69) is 36.2 Å². The van der Waals surface area contributed by atoms with Gasteiger partial charge in [-0.1, -0.05) is 32.3 Å². The molecule has 0 amide bonds. The summed E-state index contributed by atoms with van der Waals surface area (Å²) in [5, 5.41) is 7.15. The molecule has 1 rings (SSSR count). The van der Waals surface area contributed by atoms with Crippen LogP contribution in [-0.4, -0.2) is 17.7 Å². The van der Waals surface area contributed by atoms with Gasteiger partial charge in [-0.05, 0) is 12.8 Å². The van der Waals surface area contributed by atoms with E-state index in [1.54, 1.807) is 0 Å². The number of unbranched alkanes of at least 4 members (excludes halogenated alkanes) is 1. The molecule has 5 nitrogen and oxygen atoms in total. The summed E-state index contributed by atoms with van der Waals surface area (Å²) in [6.45, 7) is 7.67. The second kappa shape index (κ2) is 10.1. The van der Waals surface area contributed by atoms with Gasteiger partial charge in [-0.3, -0.25) is 0 Å². The van der Waals surface area contributed by atoms with Crippen LogP contribution in [0.5, 0.6) is 0 Å². The molecule has 0 atom stereocenters. The van der Waals surface area contributed by atoms with Gasteiger partial charge >= 0.3 is 0 Å². The van der Waals surface area contributed by atoms with Crippen LogP contribution in [-0.2, 0) is 19.4 Å². The Labute approximate surface area is 132 Å². The molecule has 1 heterocycles. The van der Waals surface area contributed by atoms with Crippen molar-refractivity contribution in [2.24, 2.45) is 10.7 Å². The predicted octanol–water partition coefficient (Wildman–Crippen LogP) is 2.62. The van der Waals surface area contributed by atoms with Crippen molar-refractivity contribution in [3.05, 3.63) is 17.0 Å². The number of aromatic nitrogens is 1. The Morgan fingerprint density at radius 1 is 1.32 bits per heavy atom. The highest BCUT2D eigenvalue weighted by molar-refractivity contribution is 14.0. The summed E-state index contributed by atoms with van der Waals surface area (Å²) in [6.07, 6.45) is 3.94.